The van der Waals surface area contributed by atoms with E-state index in [0.29, 0.717) is 24.7 Å². The molecule has 6 rings (SSSR count). The van der Waals surface area contributed by atoms with Crippen LogP contribution in [0.1, 0.15) is 42.0 Å². The summed E-state index contributed by atoms with van der Waals surface area (Å²) in [6.07, 6.45) is 2.25. The molecule has 7 heteroatoms. The summed E-state index contributed by atoms with van der Waals surface area (Å²) in [5, 5.41) is 9.06. The van der Waals surface area contributed by atoms with Crippen LogP contribution in [0.4, 0.5) is 5.82 Å². The lowest BCUT2D eigenvalue weighted by molar-refractivity contribution is -0.116. The number of carbonyl (C=O) groups is 1. The van der Waals surface area contributed by atoms with Gasteiger partial charge in [0, 0.05) is 34.2 Å². The lowest BCUT2D eigenvalue weighted by Gasteiger charge is -2.33. The average molecular weight is 448 g/mol. The first kappa shape index (κ1) is 19.4. The number of nitrogens with one attached hydrogen (secondary N) is 1. The van der Waals surface area contributed by atoms with Crippen molar-refractivity contribution < 1.29 is 14.3 Å². The van der Waals surface area contributed by atoms with E-state index in [4.69, 9.17) is 26.2 Å². The molecule has 3 aromatic rings. The molecule has 3 heterocycles. The van der Waals surface area contributed by atoms with E-state index >= 15 is 0 Å². The van der Waals surface area contributed by atoms with Crippen molar-refractivity contribution in [3.8, 4) is 17.2 Å². The third kappa shape index (κ3) is 3.01. The standard InChI is InChI=1S/C25H22ClN3O3/c1-14-22-23(15-8-9-20-21(12-15)32-11-10-31-20)24-18(6-3-7-19(24)30)27-25(22)29(28-14)17-5-2-4-16(26)13-17/h2,4-5,8-9,12-13,23,27H,3,6-7,10-11H2,1H3. The fraction of sp³-hybridized carbons (Fsp3) is 0.280. The van der Waals surface area contributed by atoms with Gasteiger partial charge in [-0.05, 0) is 55.7 Å². The second kappa shape index (κ2) is 7.41. The largest absolute Gasteiger partial charge is 0.486 e. The molecule has 0 fully saturated rings. The van der Waals surface area contributed by atoms with Crippen molar-refractivity contribution in [3.63, 3.8) is 0 Å². The number of halogens is 1. The summed E-state index contributed by atoms with van der Waals surface area (Å²) in [6.45, 7) is 3.06. The van der Waals surface area contributed by atoms with Gasteiger partial charge in [0.25, 0.3) is 0 Å². The maximum atomic E-state index is 13.1. The molecular weight excluding hydrogens is 426 g/mol. The number of rotatable bonds is 2. The fourth-order valence-electron chi connectivity index (χ4n) is 4.99. The van der Waals surface area contributed by atoms with Crippen LogP contribution in [-0.4, -0.2) is 28.8 Å². The predicted molar refractivity (Wildman–Crippen MR) is 122 cm³/mol. The number of hydrogen-bond acceptors (Lipinski definition) is 5. The summed E-state index contributed by atoms with van der Waals surface area (Å²) in [7, 11) is 0. The Morgan fingerprint density at radius 2 is 1.94 bits per heavy atom. The summed E-state index contributed by atoms with van der Waals surface area (Å²) in [5.41, 5.74) is 5.59. The Kier molecular flexibility index (Phi) is 4.50. The van der Waals surface area contributed by atoms with Crippen molar-refractivity contribution in [2.45, 2.75) is 32.1 Å². The van der Waals surface area contributed by atoms with Crippen molar-refractivity contribution in [3.05, 3.63) is 75.6 Å². The maximum Gasteiger partial charge on any atom is 0.161 e. The topological polar surface area (TPSA) is 65.4 Å². The molecule has 6 nitrogen and oxygen atoms in total. The van der Waals surface area contributed by atoms with Crippen molar-refractivity contribution in [1.82, 2.24) is 9.78 Å². The molecule has 162 valence electrons. The lowest BCUT2D eigenvalue weighted by atomic mass is 9.76. The number of allylic oxidation sites excluding steroid dienone is 2. The molecule has 1 aromatic heterocycles. The molecule has 1 atom stereocenters. The van der Waals surface area contributed by atoms with E-state index < -0.39 is 0 Å². The van der Waals surface area contributed by atoms with Gasteiger partial charge in [-0.1, -0.05) is 23.7 Å². The SMILES string of the molecule is Cc1nn(-c2cccc(Cl)c2)c2c1C(c1ccc3c(c1)OCCO3)C1=C(CCCC1=O)N2. The monoisotopic (exact) mass is 447 g/mol. The van der Waals surface area contributed by atoms with Gasteiger partial charge < -0.3 is 14.8 Å². The molecular formula is C25H22ClN3O3. The third-order valence-electron chi connectivity index (χ3n) is 6.36. The van der Waals surface area contributed by atoms with Crippen molar-refractivity contribution in [2.75, 3.05) is 18.5 Å². The number of carbonyl (C=O) groups excluding carboxylic acids is 1. The van der Waals surface area contributed by atoms with Crippen LogP contribution in [0.5, 0.6) is 11.5 Å². The summed E-state index contributed by atoms with van der Waals surface area (Å²) in [4.78, 5) is 13.1. The number of anilines is 1. The van der Waals surface area contributed by atoms with Crippen LogP contribution in [0.3, 0.4) is 0 Å². The van der Waals surface area contributed by atoms with Gasteiger partial charge in [-0.15, -0.1) is 0 Å². The summed E-state index contributed by atoms with van der Waals surface area (Å²) in [6, 6.07) is 13.6. The first-order valence-electron chi connectivity index (χ1n) is 10.9. The fourth-order valence-corrected chi connectivity index (χ4v) is 5.17. The highest BCUT2D eigenvalue weighted by atomic mass is 35.5. The zero-order valence-electron chi connectivity index (χ0n) is 17.7. The molecule has 1 N–H and O–H groups in total. The van der Waals surface area contributed by atoms with E-state index in [1.54, 1.807) is 0 Å². The van der Waals surface area contributed by atoms with Crippen LogP contribution in [-0.2, 0) is 4.79 Å². The molecule has 1 aliphatic carbocycles. The number of benzene rings is 2. The van der Waals surface area contributed by atoms with Gasteiger partial charge in [-0.3, -0.25) is 4.79 Å². The second-order valence-electron chi connectivity index (χ2n) is 8.37. The van der Waals surface area contributed by atoms with Crippen LogP contribution < -0.4 is 14.8 Å². The number of ether oxygens (including phenoxy) is 2. The smallest absolute Gasteiger partial charge is 0.161 e. The highest BCUT2D eigenvalue weighted by Crippen LogP contribution is 2.48. The van der Waals surface area contributed by atoms with E-state index in [2.05, 4.69) is 5.32 Å². The highest BCUT2D eigenvalue weighted by molar-refractivity contribution is 6.30. The van der Waals surface area contributed by atoms with Gasteiger partial charge in [-0.25, -0.2) is 4.68 Å². The van der Waals surface area contributed by atoms with Gasteiger partial charge in [0.15, 0.2) is 17.3 Å². The Morgan fingerprint density at radius 3 is 2.78 bits per heavy atom. The first-order chi connectivity index (χ1) is 15.6. The Hall–Kier alpha value is -3.25. The van der Waals surface area contributed by atoms with Crippen molar-refractivity contribution >= 4 is 23.2 Å². The number of Topliss-reactive ketones (excluding diaryl/α,β-unsaturated/α-hetero) is 1. The minimum Gasteiger partial charge on any atom is -0.486 e. The average Bonchev–Trinajstić information content (AvgIpc) is 3.14. The highest BCUT2D eigenvalue weighted by Gasteiger charge is 2.39. The number of aromatic nitrogens is 2. The van der Waals surface area contributed by atoms with Gasteiger partial charge in [0.05, 0.1) is 11.4 Å². The van der Waals surface area contributed by atoms with E-state index in [9.17, 15) is 4.79 Å². The van der Waals surface area contributed by atoms with Crippen LogP contribution in [0.15, 0.2) is 53.7 Å². The Labute approximate surface area is 190 Å². The molecule has 0 radical (unpaired) electrons. The molecule has 0 saturated heterocycles. The van der Waals surface area contributed by atoms with Crippen molar-refractivity contribution in [1.29, 1.82) is 0 Å². The third-order valence-corrected chi connectivity index (χ3v) is 6.60. The second-order valence-corrected chi connectivity index (χ2v) is 8.81. The van der Waals surface area contributed by atoms with E-state index in [-0.39, 0.29) is 11.7 Å². The molecule has 32 heavy (non-hydrogen) atoms. The number of aryl methyl sites for hydroxylation is 1. The summed E-state index contributed by atoms with van der Waals surface area (Å²) in [5.74, 6) is 2.33. The Bertz CT molecular complexity index is 1290. The number of nitrogens with zero attached hydrogens (tertiary/aromatic N) is 2. The summed E-state index contributed by atoms with van der Waals surface area (Å²) >= 11 is 6.27. The first-order valence-corrected chi connectivity index (χ1v) is 11.3. The van der Waals surface area contributed by atoms with Gasteiger partial charge in [0.2, 0.25) is 0 Å². The minimum atomic E-state index is -0.210. The van der Waals surface area contributed by atoms with Gasteiger partial charge in [-0.2, -0.15) is 5.10 Å². The number of fused-ring (bicyclic) bond motifs is 2. The maximum absolute atomic E-state index is 13.1. The van der Waals surface area contributed by atoms with E-state index in [1.165, 1.54) is 0 Å². The molecule has 3 aliphatic rings. The number of hydrogen-bond donors (Lipinski definition) is 1. The molecule has 0 amide bonds. The van der Waals surface area contributed by atoms with Gasteiger partial charge >= 0.3 is 0 Å². The normalized spacial score (nSPS) is 19.3. The zero-order chi connectivity index (χ0) is 21.8. The number of ketones is 1. The predicted octanol–water partition coefficient (Wildman–Crippen LogP) is 5.17. The molecule has 0 spiro atoms. The van der Waals surface area contributed by atoms with Crippen LogP contribution in [0.25, 0.3) is 5.69 Å². The Morgan fingerprint density at radius 1 is 1.09 bits per heavy atom. The van der Waals surface area contributed by atoms with Crippen LogP contribution in [0, 0.1) is 6.92 Å². The molecule has 2 aromatic carbocycles. The van der Waals surface area contributed by atoms with Crippen LogP contribution >= 0.6 is 11.6 Å². The quantitative estimate of drug-likeness (QED) is 0.587. The molecule has 0 bridgehead atoms. The zero-order valence-corrected chi connectivity index (χ0v) is 18.4. The van der Waals surface area contributed by atoms with Crippen molar-refractivity contribution in [2.24, 2.45) is 0 Å². The van der Waals surface area contributed by atoms with E-state index in [1.807, 2.05) is 54.1 Å². The Balaban J connectivity index is 1.57. The molecule has 1 unspecified atom stereocenters. The minimum absolute atomic E-state index is 0.194. The molecule has 2 aliphatic heterocycles. The van der Waals surface area contributed by atoms with E-state index in [0.717, 1.165) is 63.9 Å². The molecule has 0 saturated carbocycles. The lowest BCUT2D eigenvalue weighted by Crippen LogP contribution is -2.27. The van der Waals surface area contributed by atoms with Gasteiger partial charge in [0.1, 0.15) is 19.0 Å². The van der Waals surface area contributed by atoms with Crippen LogP contribution in [0.2, 0.25) is 5.02 Å². The summed E-state index contributed by atoms with van der Waals surface area (Å²) < 4.78 is 13.5.